The van der Waals surface area contributed by atoms with Gasteiger partial charge in [0.1, 0.15) is 0 Å². The van der Waals surface area contributed by atoms with Crippen molar-refractivity contribution >= 4 is 27.4 Å². The van der Waals surface area contributed by atoms with Crippen molar-refractivity contribution in [2.24, 2.45) is 0 Å². The molecule has 2 aromatic rings. The Labute approximate surface area is 90.6 Å². The van der Waals surface area contributed by atoms with Crippen LogP contribution < -0.4 is 0 Å². The summed E-state index contributed by atoms with van der Waals surface area (Å²) >= 11 is 1.43. The minimum atomic E-state index is -0.986. The van der Waals surface area contributed by atoms with Gasteiger partial charge in [0.25, 0.3) is 0 Å². The molecule has 0 radical (unpaired) electrons. The molecule has 1 atom stereocenters. The maximum Gasteiger partial charge on any atom is 0.306 e. The fraction of sp³-hybridized carbons (Fsp3) is 0.182. The second-order valence-electron chi connectivity index (χ2n) is 3.30. The van der Waals surface area contributed by atoms with Gasteiger partial charge in [0.05, 0.1) is 12.5 Å². The van der Waals surface area contributed by atoms with E-state index in [1.54, 1.807) is 0 Å². The van der Waals surface area contributed by atoms with E-state index in [1.165, 1.54) is 11.3 Å². The second kappa shape index (κ2) is 4.00. The van der Waals surface area contributed by atoms with Crippen molar-refractivity contribution < 1.29 is 15.0 Å². The molecule has 78 valence electrons. The summed E-state index contributed by atoms with van der Waals surface area (Å²) in [6, 6.07) is 9.59. The number of aliphatic hydroxyl groups is 1. The van der Waals surface area contributed by atoms with E-state index in [4.69, 9.17) is 5.11 Å². The minimum absolute atomic E-state index is 0.243. The Hall–Kier alpha value is -1.39. The molecule has 15 heavy (non-hydrogen) atoms. The largest absolute Gasteiger partial charge is 0.481 e. The van der Waals surface area contributed by atoms with Crippen LogP contribution in [0.2, 0.25) is 0 Å². The molecule has 0 aliphatic rings. The zero-order valence-corrected chi connectivity index (χ0v) is 8.70. The summed E-state index contributed by atoms with van der Waals surface area (Å²) in [6.45, 7) is 0. The maximum atomic E-state index is 10.4. The van der Waals surface area contributed by atoms with E-state index in [2.05, 4.69) is 0 Å². The van der Waals surface area contributed by atoms with Crippen LogP contribution in [0, 0.1) is 0 Å². The molecule has 2 rings (SSSR count). The summed E-state index contributed by atoms with van der Waals surface area (Å²) in [5, 5.41) is 19.2. The first kappa shape index (κ1) is 10.1. The van der Waals surface area contributed by atoms with E-state index < -0.39 is 12.1 Å². The molecule has 1 heterocycles. The average molecular weight is 222 g/mol. The van der Waals surface area contributed by atoms with Gasteiger partial charge in [0.15, 0.2) is 0 Å². The lowest BCUT2D eigenvalue weighted by Crippen LogP contribution is -2.03. The van der Waals surface area contributed by atoms with Gasteiger partial charge < -0.3 is 10.2 Å². The lowest BCUT2D eigenvalue weighted by atomic mass is 10.2. The predicted octanol–water partition coefficient (Wildman–Crippen LogP) is 2.41. The number of carbonyl (C=O) groups is 1. The van der Waals surface area contributed by atoms with E-state index in [-0.39, 0.29) is 6.42 Å². The summed E-state index contributed by atoms with van der Waals surface area (Å²) in [5.41, 5.74) is 0. The Kier molecular flexibility index (Phi) is 2.70. The molecule has 0 aliphatic heterocycles. The van der Waals surface area contributed by atoms with Crippen LogP contribution in [0.15, 0.2) is 30.3 Å². The van der Waals surface area contributed by atoms with E-state index in [0.717, 1.165) is 10.1 Å². The molecular weight excluding hydrogens is 212 g/mol. The molecule has 0 bridgehead atoms. The highest BCUT2D eigenvalue weighted by Gasteiger charge is 2.14. The normalized spacial score (nSPS) is 12.9. The molecule has 0 unspecified atom stereocenters. The minimum Gasteiger partial charge on any atom is -0.481 e. The van der Waals surface area contributed by atoms with Crippen molar-refractivity contribution in [2.45, 2.75) is 12.5 Å². The quantitative estimate of drug-likeness (QED) is 0.838. The number of hydrogen-bond donors (Lipinski definition) is 2. The Balaban J connectivity index is 2.32. The van der Waals surface area contributed by atoms with Crippen molar-refractivity contribution in [3.05, 3.63) is 35.2 Å². The number of benzene rings is 1. The molecule has 0 saturated heterocycles. The van der Waals surface area contributed by atoms with Crippen LogP contribution in [0.25, 0.3) is 10.1 Å². The topological polar surface area (TPSA) is 57.5 Å². The van der Waals surface area contributed by atoms with Gasteiger partial charge in [-0.1, -0.05) is 18.2 Å². The summed E-state index contributed by atoms with van der Waals surface area (Å²) in [4.78, 5) is 11.1. The van der Waals surface area contributed by atoms with E-state index >= 15 is 0 Å². The van der Waals surface area contributed by atoms with Crippen molar-refractivity contribution in [3.63, 3.8) is 0 Å². The third-order valence-corrected chi connectivity index (χ3v) is 3.36. The van der Waals surface area contributed by atoms with Gasteiger partial charge in [-0.2, -0.15) is 0 Å². The Morgan fingerprint density at radius 1 is 1.40 bits per heavy atom. The molecule has 0 saturated carbocycles. The summed E-state index contributed by atoms with van der Waals surface area (Å²) in [6.07, 6.45) is -1.15. The van der Waals surface area contributed by atoms with E-state index in [9.17, 15) is 9.90 Å². The van der Waals surface area contributed by atoms with Gasteiger partial charge in [0, 0.05) is 9.58 Å². The van der Waals surface area contributed by atoms with Crippen molar-refractivity contribution in [2.75, 3.05) is 0 Å². The average Bonchev–Trinajstić information content (AvgIpc) is 2.59. The zero-order chi connectivity index (χ0) is 10.8. The molecule has 0 spiro atoms. The molecule has 1 aromatic heterocycles. The lowest BCUT2D eigenvalue weighted by Gasteiger charge is -2.02. The second-order valence-corrected chi connectivity index (χ2v) is 4.42. The highest BCUT2D eigenvalue weighted by atomic mass is 32.1. The summed E-state index contributed by atoms with van der Waals surface area (Å²) < 4.78 is 1.07. The Bertz CT molecular complexity index is 456. The number of rotatable bonds is 3. The highest BCUT2D eigenvalue weighted by molar-refractivity contribution is 7.19. The summed E-state index contributed by atoms with van der Waals surface area (Å²) in [7, 11) is 0. The van der Waals surface area contributed by atoms with E-state index in [1.807, 2.05) is 30.3 Å². The fourth-order valence-electron chi connectivity index (χ4n) is 1.43. The van der Waals surface area contributed by atoms with Crippen LogP contribution in [-0.4, -0.2) is 16.2 Å². The first-order chi connectivity index (χ1) is 7.16. The van der Waals surface area contributed by atoms with Gasteiger partial charge in [-0.05, 0) is 17.5 Å². The smallest absolute Gasteiger partial charge is 0.306 e. The number of aliphatic hydroxyl groups excluding tert-OH is 1. The summed E-state index contributed by atoms with van der Waals surface area (Å²) in [5.74, 6) is -0.986. The molecule has 0 aliphatic carbocycles. The molecule has 3 nitrogen and oxygen atoms in total. The molecule has 0 fully saturated rings. The SMILES string of the molecule is O=C(O)C[C@@H](O)c1cc2ccccc2s1. The van der Waals surface area contributed by atoms with Gasteiger partial charge in [-0.25, -0.2) is 0 Å². The van der Waals surface area contributed by atoms with Gasteiger partial charge in [-0.15, -0.1) is 11.3 Å². The predicted molar refractivity (Wildman–Crippen MR) is 59.0 cm³/mol. The Morgan fingerprint density at radius 2 is 2.13 bits per heavy atom. The number of carboxylic acids is 1. The monoisotopic (exact) mass is 222 g/mol. The van der Waals surface area contributed by atoms with E-state index in [0.29, 0.717) is 4.88 Å². The van der Waals surface area contributed by atoms with Crippen molar-refractivity contribution in [3.8, 4) is 0 Å². The molecule has 0 amide bonds. The standard InChI is InChI=1S/C11H10O3S/c12-8(6-11(13)14)10-5-7-3-1-2-4-9(7)15-10/h1-5,8,12H,6H2,(H,13,14)/t8-/m1/s1. The zero-order valence-electron chi connectivity index (χ0n) is 7.88. The number of fused-ring (bicyclic) bond motifs is 1. The van der Waals surface area contributed by atoms with Crippen LogP contribution in [0.5, 0.6) is 0 Å². The molecular formula is C11H10O3S. The molecule has 2 N–H and O–H groups in total. The highest BCUT2D eigenvalue weighted by Crippen LogP contribution is 2.30. The van der Waals surface area contributed by atoms with Crippen LogP contribution in [-0.2, 0) is 4.79 Å². The van der Waals surface area contributed by atoms with Gasteiger partial charge in [0.2, 0.25) is 0 Å². The van der Waals surface area contributed by atoms with Crippen LogP contribution in [0.3, 0.4) is 0 Å². The van der Waals surface area contributed by atoms with Crippen LogP contribution in [0.1, 0.15) is 17.4 Å². The third kappa shape index (κ3) is 2.16. The number of thiophene rings is 1. The number of hydrogen-bond acceptors (Lipinski definition) is 3. The Morgan fingerprint density at radius 3 is 2.80 bits per heavy atom. The first-order valence-corrected chi connectivity index (χ1v) is 5.37. The number of aliphatic carboxylic acids is 1. The first-order valence-electron chi connectivity index (χ1n) is 4.55. The van der Waals surface area contributed by atoms with Gasteiger partial charge in [-0.3, -0.25) is 4.79 Å². The van der Waals surface area contributed by atoms with Crippen LogP contribution >= 0.6 is 11.3 Å². The van der Waals surface area contributed by atoms with Crippen molar-refractivity contribution in [1.82, 2.24) is 0 Å². The third-order valence-electron chi connectivity index (χ3n) is 2.14. The number of carboxylic acid groups (broad SMARTS) is 1. The van der Waals surface area contributed by atoms with Crippen molar-refractivity contribution in [1.29, 1.82) is 0 Å². The molecule has 4 heteroatoms. The molecule has 1 aromatic carbocycles. The van der Waals surface area contributed by atoms with Crippen LogP contribution in [0.4, 0.5) is 0 Å². The van der Waals surface area contributed by atoms with Gasteiger partial charge >= 0.3 is 5.97 Å². The lowest BCUT2D eigenvalue weighted by molar-refractivity contribution is -0.139. The fourth-order valence-corrected chi connectivity index (χ4v) is 2.48. The maximum absolute atomic E-state index is 10.4.